The van der Waals surface area contributed by atoms with Crippen LogP contribution in [0.25, 0.3) is 0 Å². The fourth-order valence-electron chi connectivity index (χ4n) is 7.00. The first-order valence-electron chi connectivity index (χ1n) is 16.9. The zero-order valence-electron chi connectivity index (χ0n) is 29.1. The Labute approximate surface area is 316 Å². The Morgan fingerprint density at radius 1 is 1.04 bits per heavy atom. The molecule has 0 radical (unpaired) electrons. The molecular weight excluding hydrogens is 745 g/mol. The first kappa shape index (κ1) is 38.3. The highest BCUT2D eigenvalue weighted by molar-refractivity contribution is 8.03. The molecule has 1 aromatic heterocycles. The zero-order valence-corrected chi connectivity index (χ0v) is 30.7. The van der Waals surface area contributed by atoms with Crippen molar-refractivity contribution in [2.45, 2.75) is 69.8 Å². The molecule has 19 heteroatoms. The van der Waals surface area contributed by atoms with Gasteiger partial charge in [-0.25, -0.2) is 14.6 Å². The average Bonchev–Trinajstić information content (AvgIpc) is 3.81. The molecule has 6 rings (SSSR count). The van der Waals surface area contributed by atoms with Crippen LogP contribution in [0.1, 0.15) is 42.1 Å². The predicted octanol–water partition coefficient (Wildman–Crippen LogP) is 3.86. The summed E-state index contributed by atoms with van der Waals surface area (Å²) in [7, 11) is 0. The van der Waals surface area contributed by atoms with Crippen molar-refractivity contribution in [2.24, 2.45) is 17.6 Å². The lowest BCUT2D eigenvalue weighted by molar-refractivity contribution is -0.385. The molecule has 6 atom stereocenters. The topological polar surface area (TPSA) is 239 Å². The number of benzene rings is 2. The van der Waals surface area contributed by atoms with Gasteiger partial charge >= 0.3 is 12.1 Å². The Balaban J connectivity index is 1.23. The molecule has 3 aliphatic heterocycles. The molecule has 3 aliphatic rings. The number of thioether (sulfide) groups is 1. The number of thiazole rings is 1. The maximum atomic E-state index is 13.8. The van der Waals surface area contributed by atoms with Gasteiger partial charge in [-0.05, 0) is 48.7 Å². The standard InChI is InChI=1S/C35H36N6O11S2/c1-18-30-29(19(2)42)33(44)39(30)31(34(45)51-15-20-3-7-23(8-4-20)40(47)48)32(18)54-26-12-25(13-28-37-22(17-53-28)11-27(36)43)38(14-26)35(46)52-16-21-5-9-24(10-6-21)41(49)50/h3-10,17-19,25-26,29-30,42H,11-16H2,1-2H3,(H2,36,43)/t18-,19-,25+,26+,29?,30?/m1/s1. The summed E-state index contributed by atoms with van der Waals surface area (Å²) in [6.07, 6.45) is -0.831. The second-order valence-electron chi connectivity index (χ2n) is 13.3. The van der Waals surface area contributed by atoms with E-state index in [2.05, 4.69) is 4.98 Å². The normalized spacial score (nSPS) is 22.4. The number of primary amides is 1. The molecule has 4 heterocycles. The van der Waals surface area contributed by atoms with Gasteiger partial charge in [0.1, 0.15) is 18.9 Å². The molecule has 17 nitrogen and oxygen atoms in total. The van der Waals surface area contributed by atoms with Gasteiger partial charge in [-0.2, -0.15) is 0 Å². The van der Waals surface area contributed by atoms with Gasteiger partial charge in [-0.3, -0.25) is 29.8 Å². The van der Waals surface area contributed by atoms with Crippen LogP contribution in [0.5, 0.6) is 0 Å². The van der Waals surface area contributed by atoms with Gasteiger partial charge in [-0.15, -0.1) is 23.1 Å². The van der Waals surface area contributed by atoms with E-state index in [-0.39, 0.29) is 54.4 Å². The minimum absolute atomic E-state index is 0.0282. The molecule has 284 valence electrons. The van der Waals surface area contributed by atoms with Crippen LogP contribution in [0.2, 0.25) is 0 Å². The second-order valence-corrected chi connectivity index (χ2v) is 15.6. The molecule has 54 heavy (non-hydrogen) atoms. The second kappa shape index (κ2) is 15.9. The number of hydrogen-bond donors (Lipinski definition) is 2. The van der Waals surface area contributed by atoms with Gasteiger partial charge in [0.15, 0.2) is 0 Å². The van der Waals surface area contributed by atoms with Crippen LogP contribution in [-0.2, 0) is 49.9 Å². The molecule has 0 saturated carbocycles. The van der Waals surface area contributed by atoms with E-state index in [1.54, 1.807) is 10.3 Å². The van der Waals surface area contributed by atoms with Crippen LogP contribution in [-0.4, -0.2) is 83.6 Å². The smallest absolute Gasteiger partial charge is 0.410 e. The fraction of sp³-hybridized carbons (Fsp3) is 0.400. The number of nitrogens with zero attached hydrogens (tertiary/aromatic N) is 5. The molecule has 0 spiro atoms. The number of nitro benzene ring substituents is 2. The molecule has 0 bridgehead atoms. The summed E-state index contributed by atoms with van der Waals surface area (Å²) in [5.41, 5.74) is 6.77. The Kier molecular flexibility index (Phi) is 11.3. The van der Waals surface area contributed by atoms with Crippen LogP contribution < -0.4 is 5.73 Å². The number of non-ortho nitro benzene ring substituents is 2. The molecule has 2 saturated heterocycles. The maximum Gasteiger partial charge on any atom is 0.410 e. The van der Waals surface area contributed by atoms with E-state index in [1.165, 1.54) is 83.5 Å². The molecule has 2 unspecified atom stereocenters. The quantitative estimate of drug-likeness (QED) is 0.102. The number of aliphatic hydroxyl groups excluding tert-OH is 1. The van der Waals surface area contributed by atoms with Crippen molar-refractivity contribution in [3.05, 3.63) is 107 Å². The van der Waals surface area contributed by atoms with E-state index in [1.807, 2.05) is 6.92 Å². The number of esters is 1. The number of aromatic nitrogens is 1. The molecule has 2 fully saturated rings. The minimum atomic E-state index is -0.961. The molecular formula is C35H36N6O11S2. The van der Waals surface area contributed by atoms with E-state index in [9.17, 15) is 44.5 Å². The van der Waals surface area contributed by atoms with Crippen LogP contribution >= 0.6 is 23.1 Å². The summed E-state index contributed by atoms with van der Waals surface area (Å²) in [5.74, 6) is -2.77. The van der Waals surface area contributed by atoms with E-state index >= 15 is 0 Å². The Morgan fingerprint density at radius 3 is 2.19 bits per heavy atom. The van der Waals surface area contributed by atoms with Crippen LogP contribution in [0, 0.1) is 32.1 Å². The van der Waals surface area contributed by atoms with Crippen molar-refractivity contribution >= 4 is 58.4 Å². The number of ether oxygens (including phenoxy) is 2. The van der Waals surface area contributed by atoms with Gasteiger partial charge in [0, 0.05) is 64.7 Å². The summed E-state index contributed by atoms with van der Waals surface area (Å²) in [4.78, 5) is 81.3. The van der Waals surface area contributed by atoms with Crippen molar-refractivity contribution in [2.75, 3.05) is 6.54 Å². The largest absolute Gasteiger partial charge is 0.456 e. The molecule has 3 aromatic rings. The minimum Gasteiger partial charge on any atom is -0.456 e. The third kappa shape index (κ3) is 8.07. The van der Waals surface area contributed by atoms with Crippen molar-refractivity contribution in [1.82, 2.24) is 14.8 Å². The first-order chi connectivity index (χ1) is 25.7. The zero-order chi connectivity index (χ0) is 38.8. The maximum absolute atomic E-state index is 13.8. The number of carbonyl (C=O) groups is 4. The summed E-state index contributed by atoms with van der Waals surface area (Å²) in [6.45, 7) is 3.26. The average molecular weight is 781 g/mol. The highest BCUT2D eigenvalue weighted by Crippen LogP contribution is 2.52. The third-order valence-electron chi connectivity index (χ3n) is 9.60. The lowest BCUT2D eigenvalue weighted by atomic mass is 9.79. The number of nitro groups is 2. The number of aliphatic hydroxyl groups is 1. The number of β-lactam (4-membered cyclic amide) rings is 1. The van der Waals surface area contributed by atoms with E-state index < -0.39 is 57.8 Å². The van der Waals surface area contributed by atoms with Crippen molar-refractivity contribution in [3.8, 4) is 0 Å². The number of nitrogens with two attached hydrogens (primary N) is 1. The lowest BCUT2D eigenvalue weighted by Crippen LogP contribution is -2.63. The van der Waals surface area contributed by atoms with Crippen LogP contribution in [0.4, 0.5) is 16.2 Å². The van der Waals surface area contributed by atoms with Gasteiger partial charge in [0.05, 0.1) is 45.0 Å². The fourth-order valence-corrected chi connectivity index (χ4v) is 9.43. The SMILES string of the molecule is C[C@@H](O)C1C(=O)N2C(C(=O)OCc3ccc([N+](=O)[O-])cc3)=C(S[C@H]3C[C@@H](Cc4nc(CC(N)=O)cs4)N(C(=O)OCc4ccc([N+](=O)[O-])cc4)C3)[C@H](C)C12. The number of likely N-dealkylation sites (tertiary alicyclic amines) is 1. The molecule has 3 amide bonds. The number of amides is 3. The van der Waals surface area contributed by atoms with Gasteiger partial charge < -0.3 is 30.1 Å². The summed E-state index contributed by atoms with van der Waals surface area (Å²) in [6, 6.07) is 10.3. The Hall–Kier alpha value is -5.40. The van der Waals surface area contributed by atoms with Crippen molar-refractivity contribution in [3.63, 3.8) is 0 Å². The lowest BCUT2D eigenvalue weighted by Gasteiger charge is -2.46. The Morgan fingerprint density at radius 2 is 1.63 bits per heavy atom. The van der Waals surface area contributed by atoms with Crippen molar-refractivity contribution < 1.29 is 43.6 Å². The predicted molar refractivity (Wildman–Crippen MR) is 193 cm³/mol. The van der Waals surface area contributed by atoms with Crippen LogP contribution in [0.3, 0.4) is 0 Å². The van der Waals surface area contributed by atoms with Gasteiger partial charge in [0.2, 0.25) is 11.8 Å². The molecule has 2 aromatic carbocycles. The summed E-state index contributed by atoms with van der Waals surface area (Å²) >= 11 is 2.69. The first-order valence-corrected chi connectivity index (χ1v) is 18.7. The Bertz CT molecular complexity index is 2000. The van der Waals surface area contributed by atoms with E-state index in [0.29, 0.717) is 39.6 Å². The third-order valence-corrected chi connectivity index (χ3v) is 12.0. The highest BCUT2D eigenvalue weighted by atomic mass is 32.2. The molecule has 3 N–H and O–H groups in total. The van der Waals surface area contributed by atoms with E-state index in [0.717, 1.165) is 0 Å². The number of carbonyl (C=O) groups excluding carboxylic acids is 4. The van der Waals surface area contributed by atoms with Crippen molar-refractivity contribution in [1.29, 1.82) is 0 Å². The molecule has 0 aliphatic carbocycles. The highest BCUT2D eigenvalue weighted by Gasteiger charge is 2.60. The number of rotatable bonds is 14. The van der Waals surface area contributed by atoms with Gasteiger partial charge in [0.25, 0.3) is 11.4 Å². The number of hydrogen-bond acceptors (Lipinski definition) is 14. The van der Waals surface area contributed by atoms with Crippen LogP contribution in [0.15, 0.2) is 64.5 Å². The van der Waals surface area contributed by atoms with E-state index in [4.69, 9.17) is 15.2 Å². The number of fused-ring (bicyclic) bond motifs is 1. The monoisotopic (exact) mass is 780 g/mol. The van der Waals surface area contributed by atoms with Gasteiger partial charge in [-0.1, -0.05) is 6.92 Å². The summed E-state index contributed by atoms with van der Waals surface area (Å²) < 4.78 is 11.3. The summed E-state index contributed by atoms with van der Waals surface area (Å²) in [5, 5.41) is 34.7.